The summed E-state index contributed by atoms with van der Waals surface area (Å²) < 4.78 is 0. The smallest absolute Gasteiger partial charge is 0.293 e. The van der Waals surface area contributed by atoms with E-state index in [4.69, 9.17) is 11.6 Å². The molecule has 0 spiro atoms. The maximum atomic E-state index is 11.0. The quantitative estimate of drug-likeness (QED) is 0.515. The molecule has 4 nitrogen and oxygen atoms in total. The molecule has 0 radical (unpaired) electrons. The van der Waals surface area contributed by atoms with Crippen LogP contribution < -0.4 is 5.32 Å². The third-order valence-corrected chi connectivity index (χ3v) is 4.10. The van der Waals surface area contributed by atoms with Crippen molar-refractivity contribution in [2.75, 3.05) is 5.32 Å². The molecule has 0 saturated heterocycles. The molecule has 1 saturated carbocycles. The number of nitro benzene ring substituents is 1. The van der Waals surface area contributed by atoms with Gasteiger partial charge >= 0.3 is 0 Å². The fraction of sp³-hybridized carbons (Fsp3) is 0.385. The average Bonchev–Trinajstić information content (AvgIpc) is 2.69. The van der Waals surface area contributed by atoms with Gasteiger partial charge in [-0.15, -0.1) is 0 Å². The highest BCUT2D eigenvalue weighted by atomic mass is 35.5. The summed E-state index contributed by atoms with van der Waals surface area (Å²) in [6.45, 7) is 0. The van der Waals surface area contributed by atoms with Crippen molar-refractivity contribution in [2.24, 2.45) is 11.8 Å². The summed E-state index contributed by atoms with van der Waals surface area (Å²) in [5.74, 6) is 1.26. The Bertz CT molecular complexity index is 530. The summed E-state index contributed by atoms with van der Waals surface area (Å²) in [6, 6.07) is 5.07. The number of fused-ring (bicyclic) bond motifs is 1. The van der Waals surface area contributed by atoms with Crippen LogP contribution in [0, 0.1) is 22.0 Å². The van der Waals surface area contributed by atoms with Gasteiger partial charge in [0.05, 0.1) is 4.92 Å². The highest BCUT2D eigenvalue weighted by Crippen LogP contribution is 2.45. The van der Waals surface area contributed by atoms with E-state index >= 15 is 0 Å². The molecule has 1 aromatic carbocycles. The average molecular weight is 265 g/mol. The zero-order valence-corrected chi connectivity index (χ0v) is 10.4. The summed E-state index contributed by atoms with van der Waals surface area (Å²) in [5.41, 5.74) is 0.612. The van der Waals surface area contributed by atoms with Crippen LogP contribution in [0.15, 0.2) is 30.4 Å². The number of anilines is 1. The molecule has 3 unspecified atom stereocenters. The summed E-state index contributed by atoms with van der Waals surface area (Å²) in [4.78, 5) is 10.6. The van der Waals surface area contributed by atoms with Crippen LogP contribution in [0.2, 0.25) is 5.02 Å². The third kappa shape index (κ3) is 1.86. The van der Waals surface area contributed by atoms with Gasteiger partial charge in [-0.3, -0.25) is 10.1 Å². The molecule has 3 rings (SSSR count). The van der Waals surface area contributed by atoms with Crippen molar-refractivity contribution in [3.8, 4) is 0 Å². The van der Waals surface area contributed by atoms with Gasteiger partial charge in [-0.25, -0.2) is 0 Å². The van der Waals surface area contributed by atoms with E-state index in [0.717, 1.165) is 18.8 Å². The first-order chi connectivity index (χ1) is 8.65. The molecule has 0 amide bonds. The second-order valence-corrected chi connectivity index (χ2v) is 5.34. The van der Waals surface area contributed by atoms with Crippen LogP contribution >= 0.6 is 11.6 Å². The van der Waals surface area contributed by atoms with Gasteiger partial charge in [0.2, 0.25) is 0 Å². The minimum atomic E-state index is -0.394. The Balaban J connectivity index is 1.80. The predicted octanol–water partition coefficient (Wildman–Crippen LogP) is 3.62. The van der Waals surface area contributed by atoms with E-state index in [0.29, 0.717) is 22.7 Å². The van der Waals surface area contributed by atoms with Gasteiger partial charge < -0.3 is 5.32 Å². The first kappa shape index (κ1) is 11.5. The van der Waals surface area contributed by atoms with Gasteiger partial charge in [0, 0.05) is 23.0 Å². The van der Waals surface area contributed by atoms with Gasteiger partial charge in [0.1, 0.15) is 5.69 Å². The second kappa shape index (κ2) is 4.28. The number of halogens is 1. The van der Waals surface area contributed by atoms with Crippen molar-refractivity contribution in [2.45, 2.75) is 18.9 Å². The standard InChI is InChI=1S/C13H13ClN2O2/c14-9-4-5-11(13(7-9)16(17)18)15-12-6-8-2-1-3-10(8)12/h1,3-5,7-8,10,12,15H,2,6H2. The van der Waals surface area contributed by atoms with Crippen LogP contribution in [0.3, 0.4) is 0 Å². The van der Waals surface area contributed by atoms with Crippen molar-refractivity contribution in [3.63, 3.8) is 0 Å². The Hall–Kier alpha value is -1.55. The van der Waals surface area contributed by atoms with Crippen LogP contribution in [0.5, 0.6) is 0 Å². The minimum Gasteiger partial charge on any atom is -0.376 e. The molecule has 0 bridgehead atoms. The Morgan fingerprint density at radius 1 is 1.44 bits per heavy atom. The molecular formula is C13H13ClN2O2. The third-order valence-electron chi connectivity index (χ3n) is 3.86. The number of allylic oxidation sites excluding steroid dienone is 1. The van der Waals surface area contributed by atoms with Gasteiger partial charge in [0.25, 0.3) is 5.69 Å². The van der Waals surface area contributed by atoms with Crippen molar-refractivity contribution in [3.05, 3.63) is 45.5 Å². The largest absolute Gasteiger partial charge is 0.376 e. The summed E-state index contributed by atoms with van der Waals surface area (Å²) in [7, 11) is 0. The van der Waals surface area contributed by atoms with Crippen molar-refractivity contribution in [1.82, 2.24) is 0 Å². The van der Waals surface area contributed by atoms with Crippen LogP contribution in [-0.4, -0.2) is 11.0 Å². The Morgan fingerprint density at radius 3 is 3.00 bits per heavy atom. The Morgan fingerprint density at radius 2 is 2.28 bits per heavy atom. The molecular weight excluding hydrogens is 252 g/mol. The predicted molar refractivity (Wildman–Crippen MR) is 70.9 cm³/mol. The summed E-state index contributed by atoms with van der Waals surface area (Å²) >= 11 is 5.79. The molecule has 2 aliphatic carbocycles. The van der Waals surface area contributed by atoms with Crippen LogP contribution in [-0.2, 0) is 0 Å². The van der Waals surface area contributed by atoms with Crippen molar-refractivity contribution < 1.29 is 4.92 Å². The lowest BCUT2D eigenvalue weighted by Gasteiger charge is -2.41. The van der Waals surface area contributed by atoms with E-state index in [2.05, 4.69) is 17.5 Å². The van der Waals surface area contributed by atoms with E-state index in [9.17, 15) is 10.1 Å². The maximum Gasteiger partial charge on any atom is 0.293 e. The second-order valence-electron chi connectivity index (χ2n) is 4.91. The number of nitro groups is 1. The Labute approximate surface area is 110 Å². The van der Waals surface area contributed by atoms with Crippen molar-refractivity contribution >= 4 is 23.0 Å². The fourth-order valence-electron chi connectivity index (χ4n) is 2.86. The number of nitrogens with one attached hydrogen (secondary N) is 1. The van der Waals surface area contributed by atoms with Gasteiger partial charge in [0.15, 0.2) is 0 Å². The number of hydrogen-bond donors (Lipinski definition) is 1. The molecule has 0 aliphatic heterocycles. The zero-order valence-electron chi connectivity index (χ0n) is 9.67. The van der Waals surface area contributed by atoms with Gasteiger partial charge in [-0.1, -0.05) is 23.8 Å². The normalized spacial score (nSPS) is 28.6. The van der Waals surface area contributed by atoms with E-state index in [1.165, 1.54) is 6.07 Å². The minimum absolute atomic E-state index is 0.0490. The number of rotatable bonds is 3. The lowest BCUT2D eigenvalue weighted by molar-refractivity contribution is -0.384. The summed E-state index contributed by atoms with van der Waals surface area (Å²) in [5, 5.41) is 14.6. The fourth-order valence-corrected chi connectivity index (χ4v) is 3.03. The van der Waals surface area contributed by atoms with E-state index < -0.39 is 4.92 Å². The number of nitrogens with zero attached hydrogens (tertiary/aromatic N) is 1. The molecule has 1 fully saturated rings. The molecule has 1 aromatic rings. The molecule has 0 aromatic heterocycles. The zero-order chi connectivity index (χ0) is 12.7. The lowest BCUT2D eigenvalue weighted by Crippen LogP contribution is -2.43. The van der Waals surface area contributed by atoms with Crippen LogP contribution in [0.1, 0.15) is 12.8 Å². The van der Waals surface area contributed by atoms with E-state index in [1.807, 2.05) is 0 Å². The van der Waals surface area contributed by atoms with E-state index in [-0.39, 0.29) is 5.69 Å². The topological polar surface area (TPSA) is 55.2 Å². The highest BCUT2D eigenvalue weighted by molar-refractivity contribution is 6.30. The lowest BCUT2D eigenvalue weighted by atomic mass is 9.71. The first-order valence-corrected chi connectivity index (χ1v) is 6.40. The van der Waals surface area contributed by atoms with Crippen molar-refractivity contribution in [1.29, 1.82) is 0 Å². The van der Waals surface area contributed by atoms with Crippen LogP contribution in [0.25, 0.3) is 0 Å². The van der Waals surface area contributed by atoms with Crippen LogP contribution in [0.4, 0.5) is 11.4 Å². The van der Waals surface area contributed by atoms with Gasteiger partial charge in [-0.05, 0) is 30.9 Å². The monoisotopic (exact) mass is 264 g/mol. The van der Waals surface area contributed by atoms with E-state index in [1.54, 1.807) is 12.1 Å². The molecule has 2 aliphatic rings. The highest BCUT2D eigenvalue weighted by Gasteiger charge is 2.41. The maximum absolute atomic E-state index is 11.0. The summed E-state index contributed by atoms with van der Waals surface area (Å²) in [6.07, 6.45) is 6.64. The SMILES string of the molecule is O=[N+]([O-])c1cc(Cl)ccc1NC1CC2CC=CC21. The van der Waals surface area contributed by atoms with Gasteiger partial charge in [-0.2, -0.15) is 0 Å². The first-order valence-electron chi connectivity index (χ1n) is 6.02. The molecule has 94 valence electrons. The Kier molecular flexibility index (Phi) is 2.74. The number of hydrogen-bond acceptors (Lipinski definition) is 3. The molecule has 3 atom stereocenters. The molecule has 0 heterocycles. The molecule has 18 heavy (non-hydrogen) atoms. The molecule has 1 N–H and O–H groups in total. The molecule has 5 heteroatoms. The number of benzene rings is 1.